The summed E-state index contributed by atoms with van der Waals surface area (Å²) in [6, 6.07) is 14.8. The van der Waals surface area contributed by atoms with Gasteiger partial charge in [0.05, 0.1) is 7.11 Å². The third kappa shape index (κ3) is 5.01. The summed E-state index contributed by atoms with van der Waals surface area (Å²) in [4.78, 5) is 16.1. The number of allylic oxidation sites excluding steroid dienone is 1. The van der Waals surface area contributed by atoms with Crippen LogP contribution in [0.3, 0.4) is 0 Å². The van der Waals surface area contributed by atoms with E-state index in [2.05, 4.69) is 4.98 Å². The first-order chi connectivity index (χ1) is 13.2. The molecule has 1 heterocycles. The van der Waals surface area contributed by atoms with Crippen LogP contribution in [0.5, 0.6) is 11.5 Å². The SMILES string of the molecule is COc1ccc(/C=C/C(=O)c2cccnc2)cc1COc1ccc(F)cc1. The van der Waals surface area contributed by atoms with Gasteiger partial charge < -0.3 is 9.47 Å². The quantitative estimate of drug-likeness (QED) is 0.451. The third-order valence-corrected chi connectivity index (χ3v) is 3.89. The number of ether oxygens (including phenoxy) is 2. The Morgan fingerprint density at radius 1 is 1.15 bits per heavy atom. The first-order valence-electron chi connectivity index (χ1n) is 8.33. The van der Waals surface area contributed by atoms with E-state index in [0.29, 0.717) is 17.1 Å². The van der Waals surface area contributed by atoms with Gasteiger partial charge in [0.25, 0.3) is 0 Å². The molecule has 5 heteroatoms. The molecular formula is C22H18FNO3. The Kier molecular flexibility index (Phi) is 5.94. The zero-order valence-electron chi connectivity index (χ0n) is 14.8. The fraction of sp³-hybridized carbons (Fsp3) is 0.0909. The summed E-state index contributed by atoms with van der Waals surface area (Å²) in [7, 11) is 1.58. The number of rotatable bonds is 7. The van der Waals surface area contributed by atoms with Crippen molar-refractivity contribution in [2.24, 2.45) is 0 Å². The van der Waals surface area contributed by atoms with Crippen molar-refractivity contribution in [3.05, 3.63) is 95.6 Å². The van der Waals surface area contributed by atoms with Gasteiger partial charge in [-0.15, -0.1) is 0 Å². The number of hydrogen-bond donors (Lipinski definition) is 0. The number of carbonyl (C=O) groups is 1. The number of halogens is 1. The van der Waals surface area contributed by atoms with Gasteiger partial charge in [-0.25, -0.2) is 4.39 Å². The Morgan fingerprint density at radius 2 is 1.96 bits per heavy atom. The van der Waals surface area contributed by atoms with Crippen molar-refractivity contribution >= 4 is 11.9 Å². The number of aromatic nitrogens is 1. The third-order valence-electron chi connectivity index (χ3n) is 3.89. The molecule has 27 heavy (non-hydrogen) atoms. The molecule has 3 aromatic rings. The van der Waals surface area contributed by atoms with Crippen molar-refractivity contribution in [3.63, 3.8) is 0 Å². The molecule has 136 valence electrons. The second-order valence-electron chi connectivity index (χ2n) is 5.75. The molecule has 0 saturated carbocycles. The molecule has 2 aromatic carbocycles. The van der Waals surface area contributed by atoms with Gasteiger partial charge >= 0.3 is 0 Å². The lowest BCUT2D eigenvalue weighted by atomic mass is 10.1. The minimum Gasteiger partial charge on any atom is -0.496 e. The maximum atomic E-state index is 13.0. The Balaban J connectivity index is 1.73. The summed E-state index contributed by atoms with van der Waals surface area (Å²) in [5.74, 6) is 0.798. The Bertz CT molecular complexity index is 938. The maximum absolute atomic E-state index is 13.0. The van der Waals surface area contributed by atoms with Crippen LogP contribution in [-0.2, 0) is 6.61 Å². The largest absolute Gasteiger partial charge is 0.496 e. The molecule has 0 saturated heterocycles. The highest BCUT2D eigenvalue weighted by molar-refractivity contribution is 6.06. The summed E-state index contributed by atoms with van der Waals surface area (Å²) in [5.41, 5.74) is 2.19. The number of benzene rings is 2. The van der Waals surface area contributed by atoms with E-state index in [-0.39, 0.29) is 18.2 Å². The molecule has 4 nitrogen and oxygen atoms in total. The molecule has 0 radical (unpaired) electrons. The van der Waals surface area contributed by atoms with Gasteiger partial charge in [0, 0.05) is 23.5 Å². The Labute approximate surface area is 156 Å². The average molecular weight is 363 g/mol. The van der Waals surface area contributed by atoms with Gasteiger partial charge in [0.1, 0.15) is 23.9 Å². The van der Waals surface area contributed by atoms with Gasteiger partial charge in [-0.3, -0.25) is 9.78 Å². The highest BCUT2D eigenvalue weighted by Crippen LogP contribution is 2.23. The van der Waals surface area contributed by atoms with Gasteiger partial charge in [-0.1, -0.05) is 12.1 Å². The van der Waals surface area contributed by atoms with Crippen molar-refractivity contribution in [2.75, 3.05) is 7.11 Å². The molecule has 0 N–H and O–H groups in total. The molecular weight excluding hydrogens is 345 g/mol. The van der Waals surface area contributed by atoms with E-state index < -0.39 is 0 Å². The van der Waals surface area contributed by atoms with Crippen molar-refractivity contribution in [1.29, 1.82) is 0 Å². The summed E-state index contributed by atoms with van der Waals surface area (Å²) >= 11 is 0. The van der Waals surface area contributed by atoms with E-state index in [1.165, 1.54) is 24.4 Å². The van der Waals surface area contributed by atoms with Gasteiger partial charge in [0.15, 0.2) is 5.78 Å². The second kappa shape index (κ2) is 8.76. The predicted molar refractivity (Wildman–Crippen MR) is 101 cm³/mol. The fourth-order valence-electron chi connectivity index (χ4n) is 2.48. The van der Waals surface area contributed by atoms with Crippen LogP contribution >= 0.6 is 0 Å². The molecule has 0 amide bonds. The molecule has 0 atom stereocenters. The summed E-state index contributed by atoms with van der Waals surface area (Å²) in [6.07, 6.45) is 6.39. The summed E-state index contributed by atoms with van der Waals surface area (Å²) in [5, 5.41) is 0. The van der Waals surface area contributed by atoms with E-state index in [1.807, 2.05) is 18.2 Å². The summed E-state index contributed by atoms with van der Waals surface area (Å²) in [6.45, 7) is 0.257. The van der Waals surface area contributed by atoms with Crippen LogP contribution in [-0.4, -0.2) is 17.9 Å². The van der Waals surface area contributed by atoms with E-state index in [0.717, 1.165) is 11.1 Å². The normalized spacial score (nSPS) is 10.7. The van der Waals surface area contributed by atoms with Gasteiger partial charge in [-0.2, -0.15) is 0 Å². The highest BCUT2D eigenvalue weighted by Gasteiger charge is 2.06. The molecule has 3 rings (SSSR count). The van der Waals surface area contributed by atoms with Crippen LogP contribution in [0.25, 0.3) is 6.08 Å². The van der Waals surface area contributed by atoms with Gasteiger partial charge in [-0.05, 0) is 60.2 Å². The lowest BCUT2D eigenvalue weighted by Gasteiger charge is -2.11. The van der Waals surface area contributed by atoms with E-state index in [9.17, 15) is 9.18 Å². The van der Waals surface area contributed by atoms with Crippen LogP contribution in [0, 0.1) is 5.82 Å². The average Bonchev–Trinajstić information content (AvgIpc) is 2.72. The van der Waals surface area contributed by atoms with E-state index >= 15 is 0 Å². The van der Waals surface area contributed by atoms with Crippen LogP contribution in [0.1, 0.15) is 21.5 Å². The number of carbonyl (C=O) groups excluding carboxylic acids is 1. The van der Waals surface area contributed by atoms with Crippen LogP contribution in [0.15, 0.2) is 73.1 Å². The molecule has 0 bridgehead atoms. The first-order valence-corrected chi connectivity index (χ1v) is 8.33. The Morgan fingerprint density at radius 3 is 2.67 bits per heavy atom. The molecule has 1 aromatic heterocycles. The van der Waals surface area contributed by atoms with Crippen molar-refractivity contribution in [2.45, 2.75) is 6.61 Å². The van der Waals surface area contributed by atoms with E-state index in [1.54, 1.807) is 43.6 Å². The predicted octanol–water partition coefficient (Wildman–Crippen LogP) is 4.70. The number of hydrogen-bond acceptors (Lipinski definition) is 4. The number of methoxy groups -OCH3 is 1. The second-order valence-corrected chi connectivity index (χ2v) is 5.75. The minimum absolute atomic E-state index is 0.122. The monoisotopic (exact) mass is 363 g/mol. The zero-order valence-corrected chi connectivity index (χ0v) is 14.8. The highest BCUT2D eigenvalue weighted by atomic mass is 19.1. The molecule has 0 aliphatic carbocycles. The Hall–Kier alpha value is -3.47. The van der Waals surface area contributed by atoms with Gasteiger partial charge in [0.2, 0.25) is 0 Å². The smallest absolute Gasteiger partial charge is 0.187 e. The molecule has 0 spiro atoms. The maximum Gasteiger partial charge on any atom is 0.187 e. The first kappa shape index (κ1) is 18.3. The van der Waals surface area contributed by atoms with Crippen LogP contribution < -0.4 is 9.47 Å². The molecule has 0 unspecified atom stereocenters. The summed E-state index contributed by atoms with van der Waals surface area (Å²) < 4.78 is 24.0. The van der Waals surface area contributed by atoms with Crippen molar-refractivity contribution < 1.29 is 18.7 Å². The lowest BCUT2D eigenvalue weighted by Crippen LogP contribution is -1.99. The number of ketones is 1. The van der Waals surface area contributed by atoms with Crippen LogP contribution in [0.4, 0.5) is 4.39 Å². The minimum atomic E-state index is -0.314. The fourth-order valence-corrected chi connectivity index (χ4v) is 2.48. The lowest BCUT2D eigenvalue weighted by molar-refractivity contribution is 0.104. The topological polar surface area (TPSA) is 48.4 Å². The van der Waals surface area contributed by atoms with E-state index in [4.69, 9.17) is 9.47 Å². The van der Waals surface area contributed by atoms with Crippen molar-refractivity contribution in [1.82, 2.24) is 4.98 Å². The molecule has 0 fully saturated rings. The van der Waals surface area contributed by atoms with Crippen LogP contribution in [0.2, 0.25) is 0 Å². The standard InChI is InChI=1S/C22H18FNO3/c1-26-22-11-5-16(4-10-21(25)17-3-2-12-24-14-17)13-18(22)15-27-20-8-6-19(23)7-9-20/h2-14H,15H2,1H3/b10-4+. The molecule has 0 aliphatic rings. The number of nitrogens with zero attached hydrogens (tertiary/aromatic N) is 1. The molecule has 0 aliphatic heterocycles. The van der Waals surface area contributed by atoms with Crippen molar-refractivity contribution in [3.8, 4) is 11.5 Å². The zero-order chi connectivity index (χ0) is 19.1. The number of pyridine rings is 1.